The Kier molecular flexibility index (Phi) is 4.51. The maximum atomic E-state index is 11.3. The van der Waals surface area contributed by atoms with E-state index >= 15 is 0 Å². The third-order valence-electron chi connectivity index (χ3n) is 3.13. The van der Waals surface area contributed by atoms with Gasteiger partial charge in [0.25, 0.3) is 0 Å². The summed E-state index contributed by atoms with van der Waals surface area (Å²) in [4.78, 5) is 23.4. The highest BCUT2D eigenvalue weighted by atomic mass is 32.1. The van der Waals surface area contributed by atoms with E-state index in [0.29, 0.717) is 28.9 Å². The van der Waals surface area contributed by atoms with Crippen LogP contribution in [0.15, 0.2) is 29.6 Å². The molecule has 1 aromatic heterocycles. The molecule has 1 N–H and O–H groups in total. The van der Waals surface area contributed by atoms with Gasteiger partial charge in [-0.15, -0.1) is 11.3 Å². The van der Waals surface area contributed by atoms with Crippen molar-refractivity contribution in [3.8, 4) is 21.9 Å². The van der Waals surface area contributed by atoms with Crippen molar-refractivity contribution < 1.29 is 24.2 Å². The second kappa shape index (κ2) is 6.19. The molecule has 116 valence electrons. The smallest absolute Gasteiger partial charge is 0.347 e. The summed E-state index contributed by atoms with van der Waals surface area (Å²) in [7, 11) is 1.44. The minimum atomic E-state index is -1.40. The number of methoxy groups -OCH3 is 1. The highest BCUT2D eigenvalue weighted by molar-refractivity contribution is 7.13. The van der Waals surface area contributed by atoms with E-state index < -0.39 is 11.6 Å². The molecule has 1 aromatic carbocycles. The minimum Gasteiger partial charge on any atom is -0.496 e. The van der Waals surface area contributed by atoms with Crippen LogP contribution in [0.3, 0.4) is 0 Å². The average molecular weight is 320 g/mol. The van der Waals surface area contributed by atoms with Gasteiger partial charge < -0.3 is 14.6 Å². The number of carboxylic acids is 1. The van der Waals surface area contributed by atoms with Gasteiger partial charge in [0.2, 0.25) is 0 Å². The van der Waals surface area contributed by atoms with E-state index in [4.69, 9.17) is 9.47 Å². The number of carbonyl (C=O) groups is 2. The second-order valence-corrected chi connectivity index (χ2v) is 6.05. The quantitative estimate of drug-likeness (QED) is 0.825. The van der Waals surface area contributed by atoms with Gasteiger partial charge in [0.1, 0.15) is 11.5 Å². The molecule has 2 rings (SSSR count). The topological polar surface area (TPSA) is 72.8 Å². The minimum absolute atomic E-state index is 0.339. The predicted molar refractivity (Wildman–Crippen MR) is 84.0 cm³/mol. The van der Waals surface area contributed by atoms with E-state index in [1.54, 1.807) is 12.1 Å². The van der Waals surface area contributed by atoms with Gasteiger partial charge in [-0.3, -0.25) is 4.79 Å². The Labute approximate surface area is 132 Å². The van der Waals surface area contributed by atoms with Crippen LogP contribution in [0.2, 0.25) is 0 Å². The molecule has 0 spiro atoms. The Morgan fingerprint density at radius 1 is 1.32 bits per heavy atom. The summed E-state index contributed by atoms with van der Waals surface area (Å²) in [6.07, 6.45) is 0.696. The molecule has 0 aliphatic heterocycles. The van der Waals surface area contributed by atoms with Gasteiger partial charge in [-0.1, -0.05) is 6.07 Å². The number of hydrogen-bond acceptors (Lipinski definition) is 5. The van der Waals surface area contributed by atoms with Crippen molar-refractivity contribution in [2.75, 3.05) is 7.11 Å². The Morgan fingerprint density at radius 3 is 2.55 bits per heavy atom. The zero-order valence-electron chi connectivity index (χ0n) is 12.5. The van der Waals surface area contributed by atoms with Gasteiger partial charge in [-0.05, 0) is 31.4 Å². The lowest BCUT2D eigenvalue weighted by Gasteiger charge is -2.24. The standard InChI is InChI=1S/C16H16O5S/c1-16(2,15(18)19)21-13-8-12(20-3)10(9-17)7-11(13)14-5-4-6-22-14/h4-9H,1-3H3,(H,18,19). The number of rotatable bonds is 6. The maximum absolute atomic E-state index is 11.3. The molecule has 0 amide bonds. The maximum Gasteiger partial charge on any atom is 0.347 e. The van der Waals surface area contributed by atoms with Crippen LogP contribution in [0.25, 0.3) is 10.4 Å². The first kappa shape index (κ1) is 16.0. The number of ether oxygens (including phenoxy) is 2. The highest BCUT2D eigenvalue weighted by Crippen LogP contribution is 2.39. The first-order valence-electron chi connectivity index (χ1n) is 6.52. The van der Waals surface area contributed by atoms with E-state index in [1.807, 2.05) is 17.5 Å². The third kappa shape index (κ3) is 3.12. The predicted octanol–water partition coefficient (Wildman–Crippen LogP) is 3.48. The normalized spacial score (nSPS) is 11.0. The molecular weight excluding hydrogens is 304 g/mol. The van der Waals surface area contributed by atoms with Crippen molar-refractivity contribution in [1.29, 1.82) is 0 Å². The first-order chi connectivity index (χ1) is 10.4. The molecule has 5 nitrogen and oxygen atoms in total. The molecule has 2 aromatic rings. The van der Waals surface area contributed by atoms with Crippen LogP contribution >= 0.6 is 11.3 Å². The molecule has 0 radical (unpaired) electrons. The Hall–Kier alpha value is -2.34. The molecule has 0 atom stereocenters. The summed E-state index contributed by atoms with van der Waals surface area (Å²) in [5.74, 6) is -0.383. The second-order valence-electron chi connectivity index (χ2n) is 5.10. The van der Waals surface area contributed by atoms with Crippen LogP contribution in [-0.4, -0.2) is 30.1 Å². The molecule has 0 bridgehead atoms. The van der Waals surface area contributed by atoms with Crippen molar-refractivity contribution >= 4 is 23.6 Å². The lowest BCUT2D eigenvalue weighted by atomic mass is 10.1. The van der Waals surface area contributed by atoms with Crippen molar-refractivity contribution in [2.45, 2.75) is 19.4 Å². The summed E-state index contributed by atoms with van der Waals surface area (Å²) < 4.78 is 10.8. The van der Waals surface area contributed by atoms with Crippen molar-refractivity contribution in [3.63, 3.8) is 0 Å². The number of aliphatic carboxylic acids is 1. The lowest BCUT2D eigenvalue weighted by molar-refractivity contribution is -0.152. The van der Waals surface area contributed by atoms with Gasteiger partial charge in [0, 0.05) is 16.5 Å². The van der Waals surface area contributed by atoms with Crippen molar-refractivity contribution in [1.82, 2.24) is 0 Å². The molecule has 0 aliphatic carbocycles. The molecule has 0 saturated heterocycles. The van der Waals surface area contributed by atoms with E-state index in [1.165, 1.54) is 32.3 Å². The molecule has 22 heavy (non-hydrogen) atoms. The van der Waals surface area contributed by atoms with E-state index in [2.05, 4.69) is 0 Å². The zero-order chi connectivity index (χ0) is 16.3. The summed E-state index contributed by atoms with van der Waals surface area (Å²) in [5.41, 5.74) is -0.363. The van der Waals surface area contributed by atoms with Crippen LogP contribution in [0.5, 0.6) is 11.5 Å². The van der Waals surface area contributed by atoms with Crippen LogP contribution in [0.1, 0.15) is 24.2 Å². The fourth-order valence-corrected chi connectivity index (χ4v) is 2.62. The van der Waals surface area contributed by atoms with Gasteiger partial charge in [-0.2, -0.15) is 0 Å². The highest BCUT2D eigenvalue weighted by Gasteiger charge is 2.31. The van der Waals surface area contributed by atoms with E-state index in [0.717, 1.165) is 4.88 Å². The first-order valence-corrected chi connectivity index (χ1v) is 7.40. The number of hydrogen-bond donors (Lipinski definition) is 1. The molecule has 0 fully saturated rings. The summed E-state index contributed by atoms with van der Waals surface area (Å²) in [6.45, 7) is 2.93. The largest absolute Gasteiger partial charge is 0.496 e. The molecule has 6 heteroatoms. The Morgan fingerprint density at radius 2 is 2.05 bits per heavy atom. The van der Waals surface area contributed by atoms with Crippen LogP contribution < -0.4 is 9.47 Å². The zero-order valence-corrected chi connectivity index (χ0v) is 13.3. The number of benzene rings is 1. The van der Waals surface area contributed by atoms with Crippen LogP contribution in [0.4, 0.5) is 0 Å². The van der Waals surface area contributed by atoms with Gasteiger partial charge >= 0.3 is 5.97 Å². The van der Waals surface area contributed by atoms with E-state index in [-0.39, 0.29) is 0 Å². The Bertz CT molecular complexity index is 689. The number of carbonyl (C=O) groups excluding carboxylic acids is 1. The number of aldehydes is 1. The molecule has 0 saturated carbocycles. The molecule has 1 heterocycles. The van der Waals surface area contributed by atoms with Crippen LogP contribution in [0, 0.1) is 0 Å². The average Bonchev–Trinajstić information content (AvgIpc) is 3.00. The van der Waals surface area contributed by atoms with Gasteiger partial charge in [-0.25, -0.2) is 4.79 Å². The number of carboxylic acid groups (broad SMARTS) is 1. The summed E-state index contributed by atoms with van der Waals surface area (Å²) in [6, 6.07) is 6.94. The van der Waals surface area contributed by atoms with Gasteiger partial charge in [0.15, 0.2) is 11.9 Å². The SMILES string of the molecule is COc1cc(OC(C)(C)C(=O)O)c(-c2cccs2)cc1C=O. The van der Waals surface area contributed by atoms with Gasteiger partial charge in [0.05, 0.1) is 12.7 Å². The molecular formula is C16H16O5S. The fraction of sp³-hybridized carbons (Fsp3) is 0.250. The molecule has 0 unspecified atom stereocenters. The Balaban J connectivity index is 2.59. The summed E-state index contributed by atoms with van der Waals surface area (Å²) in [5, 5.41) is 11.1. The molecule has 0 aliphatic rings. The third-order valence-corrected chi connectivity index (χ3v) is 4.03. The van der Waals surface area contributed by atoms with Crippen molar-refractivity contribution in [3.05, 3.63) is 35.2 Å². The van der Waals surface area contributed by atoms with E-state index in [9.17, 15) is 14.7 Å². The summed E-state index contributed by atoms with van der Waals surface area (Å²) >= 11 is 1.47. The van der Waals surface area contributed by atoms with Crippen LogP contribution in [-0.2, 0) is 4.79 Å². The lowest BCUT2D eigenvalue weighted by Crippen LogP contribution is -2.38. The van der Waals surface area contributed by atoms with Crippen molar-refractivity contribution in [2.24, 2.45) is 0 Å². The number of thiophene rings is 1. The fourth-order valence-electron chi connectivity index (χ4n) is 1.87. The monoisotopic (exact) mass is 320 g/mol.